The number of hydrogen-bond acceptors (Lipinski definition) is 4. The fourth-order valence-electron chi connectivity index (χ4n) is 1.42. The molecule has 0 saturated heterocycles. The van der Waals surface area contributed by atoms with Crippen molar-refractivity contribution < 1.29 is 10.0 Å². The standard InChI is InChI=1S/C12H18N2O3/c1-8-10(14(16)17)6-5-9(13-8)7-11(15)12(2,3)4/h5-6,11,15H,7H2,1-4H3. The molecular weight excluding hydrogens is 220 g/mol. The number of pyridine rings is 1. The van der Waals surface area contributed by atoms with E-state index in [0.29, 0.717) is 17.8 Å². The van der Waals surface area contributed by atoms with Crippen molar-refractivity contribution in [2.24, 2.45) is 5.41 Å². The van der Waals surface area contributed by atoms with Crippen LogP contribution in [0.15, 0.2) is 12.1 Å². The summed E-state index contributed by atoms with van der Waals surface area (Å²) in [7, 11) is 0. The maximum atomic E-state index is 10.6. The highest BCUT2D eigenvalue weighted by atomic mass is 16.6. The number of hydrogen-bond donors (Lipinski definition) is 1. The van der Waals surface area contributed by atoms with Crippen LogP contribution in [0.2, 0.25) is 0 Å². The highest BCUT2D eigenvalue weighted by Gasteiger charge is 2.23. The Morgan fingerprint density at radius 2 is 2.06 bits per heavy atom. The molecule has 1 N–H and O–H groups in total. The summed E-state index contributed by atoms with van der Waals surface area (Å²) in [6, 6.07) is 3.03. The van der Waals surface area contributed by atoms with E-state index >= 15 is 0 Å². The van der Waals surface area contributed by atoms with Crippen molar-refractivity contribution >= 4 is 5.69 Å². The summed E-state index contributed by atoms with van der Waals surface area (Å²) >= 11 is 0. The van der Waals surface area contributed by atoms with Crippen molar-refractivity contribution in [3.8, 4) is 0 Å². The fraction of sp³-hybridized carbons (Fsp3) is 0.583. The van der Waals surface area contributed by atoms with Crippen molar-refractivity contribution in [3.05, 3.63) is 33.6 Å². The van der Waals surface area contributed by atoms with E-state index in [1.54, 1.807) is 13.0 Å². The van der Waals surface area contributed by atoms with Crippen LogP contribution < -0.4 is 0 Å². The van der Waals surface area contributed by atoms with Crippen LogP contribution in [-0.4, -0.2) is 21.1 Å². The van der Waals surface area contributed by atoms with E-state index in [1.807, 2.05) is 20.8 Å². The van der Waals surface area contributed by atoms with E-state index in [4.69, 9.17) is 0 Å². The molecule has 1 heterocycles. The van der Waals surface area contributed by atoms with Gasteiger partial charge in [-0.1, -0.05) is 20.8 Å². The molecule has 5 heteroatoms. The van der Waals surface area contributed by atoms with E-state index < -0.39 is 11.0 Å². The Hall–Kier alpha value is -1.49. The molecule has 1 atom stereocenters. The average molecular weight is 238 g/mol. The first-order valence-corrected chi connectivity index (χ1v) is 5.51. The van der Waals surface area contributed by atoms with Gasteiger partial charge in [-0.05, 0) is 18.4 Å². The van der Waals surface area contributed by atoms with Gasteiger partial charge in [-0.25, -0.2) is 0 Å². The molecule has 94 valence electrons. The monoisotopic (exact) mass is 238 g/mol. The van der Waals surface area contributed by atoms with Gasteiger partial charge in [0, 0.05) is 18.2 Å². The predicted molar refractivity (Wildman–Crippen MR) is 64.8 cm³/mol. The van der Waals surface area contributed by atoms with Gasteiger partial charge in [0.25, 0.3) is 5.69 Å². The Kier molecular flexibility index (Phi) is 3.83. The summed E-state index contributed by atoms with van der Waals surface area (Å²) in [5, 5.41) is 20.6. The van der Waals surface area contributed by atoms with E-state index in [0.717, 1.165) is 0 Å². The first-order valence-electron chi connectivity index (χ1n) is 5.51. The van der Waals surface area contributed by atoms with Gasteiger partial charge in [0.05, 0.1) is 11.0 Å². The van der Waals surface area contributed by atoms with Crippen molar-refractivity contribution in [2.45, 2.75) is 40.2 Å². The Balaban J connectivity index is 2.88. The van der Waals surface area contributed by atoms with Crippen LogP contribution in [0.1, 0.15) is 32.2 Å². The average Bonchev–Trinajstić information content (AvgIpc) is 2.15. The number of aliphatic hydroxyl groups excluding tert-OH is 1. The van der Waals surface area contributed by atoms with Crippen molar-refractivity contribution in [1.29, 1.82) is 0 Å². The summed E-state index contributed by atoms with van der Waals surface area (Å²) in [5.41, 5.74) is 0.848. The molecule has 0 amide bonds. The molecule has 0 saturated carbocycles. The van der Waals surface area contributed by atoms with Gasteiger partial charge in [0.2, 0.25) is 0 Å². The summed E-state index contributed by atoms with van der Waals surface area (Å²) in [4.78, 5) is 14.3. The van der Waals surface area contributed by atoms with Crippen LogP contribution in [0.25, 0.3) is 0 Å². The van der Waals surface area contributed by atoms with Crippen molar-refractivity contribution in [2.75, 3.05) is 0 Å². The summed E-state index contributed by atoms with van der Waals surface area (Å²) in [6.45, 7) is 7.42. The van der Waals surface area contributed by atoms with Crippen LogP contribution in [0, 0.1) is 22.5 Å². The lowest BCUT2D eigenvalue weighted by molar-refractivity contribution is -0.385. The third-order valence-electron chi connectivity index (χ3n) is 2.71. The minimum Gasteiger partial charge on any atom is -0.392 e. The van der Waals surface area contributed by atoms with Gasteiger partial charge in [-0.15, -0.1) is 0 Å². The molecule has 0 radical (unpaired) electrons. The fourth-order valence-corrected chi connectivity index (χ4v) is 1.42. The Bertz CT molecular complexity index is 424. The highest BCUT2D eigenvalue weighted by Crippen LogP contribution is 2.23. The minimum absolute atomic E-state index is 0.0130. The highest BCUT2D eigenvalue weighted by molar-refractivity contribution is 5.35. The first-order chi connectivity index (χ1) is 7.71. The molecule has 17 heavy (non-hydrogen) atoms. The largest absolute Gasteiger partial charge is 0.392 e. The molecule has 5 nitrogen and oxygen atoms in total. The number of rotatable bonds is 3. The molecule has 0 aromatic carbocycles. The van der Waals surface area contributed by atoms with Crippen molar-refractivity contribution in [3.63, 3.8) is 0 Å². The zero-order chi connectivity index (χ0) is 13.2. The Morgan fingerprint density at radius 3 is 2.47 bits per heavy atom. The second-order valence-electron chi connectivity index (χ2n) is 5.25. The van der Waals surface area contributed by atoms with Crippen LogP contribution in [-0.2, 0) is 6.42 Å². The van der Waals surface area contributed by atoms with Crippen LogP contribution >= 0.6 is 0 Å². The molecule has 0 bridgehead atoms. The number of aromatic nitrogens is 1. The third kappa shape index (κ3) is 3.49. The van der Waals surface area contributed by atoms with Gasteiger partial charge < -0.3 is 5.11 Å². The van der Waals surface area contributed by atoms with Gasteiger partial charge in [-0.3, -0.25) is 15.1 Å². The Morgan fingerprint density at radius 1 is 1.47 bits per heavy atom. The maximum absolute atomic E-state index is 10.6. The normalized spacial score (nSPS) is 13.5. The van der Waals surface area contributed by atoms with E-state index in [2.05, 4.69) is 4.98 Å². The van der Waals surface area contributed by atoms with Gasteiger partial charge in [0.1, 0.15) is 5.69 Å². The lowest BCUT2D eigenvalue weighted by Gasteiger charge is -2.25. The lowest BCUT2D eigenvalue weighted by Crippen LogP contribution is -2.28. The molecule has 1 unspecified atom stereocenters. The molecule has 0 aliphatic carbocycles. The molecule has 1 aromatic rings. The lowest BCUT2D eigenvalue weighted by atomic mass is 9.86. The second-order valence-corrected chi connectivity index (χ2v) is 5.25. The Labute approximate surface area is 101 Å². The number of aryl methyl sites for hydroxylation is 1. The third-order valence-corrected chi connectivity index (χ3v) is 2.71. The van der Waals surface area contributed by atoms with Gasteiger partial charge >= 0.3 is 0 Å². The SMILES string of the molecule is Cc1nc(CC(O)C(C)(C)C)ccc1[N+](=O)[O-]. The zero-order valence-corrected chi connectivity index (χ0v) is 10.6. The zero-order valence-electron chi connectivity index (χ0n) is 10.6. The van der Waals surface area contributed by atoms with Gasteiger partial charge in [-0.2, -0.15) is 0 Å². The number of nitro groups is 1. The molecular formula is C12H18N2O3. The summed E-state index contributed by atoms with van der Waals surface area (Å²) < 4.78 is 0. The second kappa shape index (κ2) is 4.79. The van der Waals surface area contributed by atoms with Crippen LogP contribution in [0.5, 0.6) is 0 Å². The summed E-state index contributed by atoms with van der Waals surface area (Å²) in [5.74, 6) is 0. The van der Waals surface area contributed by atoms with Crippen LogP contribution in [0.3, 0.4) is 0 Å². The molecule has 0 aliphatic rings. The van der Waals surface area contributed by atoms with Crippen LogP contribution in [0.4, 0.5) is 5.69 Å². The van der Waals surface area contributed by atoms with Crippen molar-refractivity contribution in [1.82, 2.24) is 4.98 Å². The summed E-state index contributed by atoms with van der Waals surface area (Å²) in [6.07, 6.45) is -0.113. The molecule has 0 aliphatic heterocycles. The quantitative estimate of drug-likeness (QED) is 0.647. The molecule has 1 rings (SSSR count). The predicted octanol–water partition coefficient (Wildman–Crippen LogP) is 2.25. The number of nitrogens with zero attached hydrogens (tertiary/aromatic N) is 2. The topological polar surface area (TPSA) is 76.3 Å². The van der Waals surface area contributed by atoms with E-state index in [1.165, 1.54) is 6.07 Å². The van der Waals surface area contributed by atoms with Gasteiger partial charge in [0.15, 0.2) is 0 Å². The first kappa shape index (κ1) is 13.6. The van der Waals surface area contributed by atoms with E-state index in [-0.39, 0.29) is 11.1 Å². The number of aliphatic hydroxyl groups is 1. The molecule has 0 fully saturated rings. The minimum atomic E-state index is -0.518. The molecule has 1 aromatic heterocycles. The smallest absolute Gasteiger partial charge is 0.290 e. The van der Waals surface area contributed by atoms with E-state index in [9.17, 15) is 15.2 Å². The maximum Gasteiger partial charge on any atom is 0.290 e. The molecule has 0 spiro atoms.